The lowest BCUT2D eigenvalue weighted by molar-refractivity contribution is 0.178. The Morgan fingerprint density at radius 3 is 3.10 bits per heavy atom. The van der Waals surface area contributed by atoms with Crippen molar-refractivity contribution in [1.82, 2.24) is 10.2 Å². The van der Waals surface area contributed by atoms with E-state index in [4.69, 9.17) is 19.5 Å². The number of rotatable bonds is 2. The summed E-state index contributed by atoms with van der Waals surface area (Å²) in [7, 11) is 0. The maximum absolute atomic E-state index is 5.55. The van der Waals surface area contributed by atoms with Gasteiger partial charge < -0.3 is 19.7 Å². The van der Waals surface area contributed by atoms with E-state index in [1.807, 2.05) is 0 Å². The van der Waals surface area contributed by atoms with Gasteiger partial charge in [0.05, 0.1) is 50.6 Å². The molecule has 4 atom stereocenters. The fraction of sp³-hybridized carbons (Fsp3) is 0.692. The van der Waals surface area contributed by atoms with E-state index in [0.717, 1.165) is 42.5 Å². The molecule has 0 spiro atoms. The molecule has 2 unspecified atom stereocenters. The van der Waals surface area contributed by atoms with Crippen molar-refractivity contribution in [2.45, 2.75) is 24.2 Å². The first kappa shape index (κ1) is 12.8. The van der Waals surface area contributed by atoms with Crippen molar-refractivity contribution in [2.24, 2.45) is 9.98 Å². The van der Waals surface area contributed by atoms with Gasteiger partial charge in [-0.25, -0.2) is 0 Å². The summed E-state index contributed by atoms with van der Waals surface area (Å²) >= 11 is 3.53. The summed E-state index contributed by atoms with van der Waals surface area (Å²) in [5.74, 6) is 0.932. The van der Waals surface area contributed by atoms with Gasteiger partial charge in [0.1, 0.15) is 0 Å². The quantitative estimate of drug-likeness (QED) is 0.797. The maximum atomic E-state index is 5.55. The van der Waals surface area contributed by atoms with Crippen molar-refractivity contribution in [3.8, 4) is 0 Å². The van der Waals surface area contributed by atoms with Crippen LogP contribution in [-0.2, 0) is 9.47 Å². The highest BCUT2D eigenvalue weighted by atomic mass is 32.2. The fourth-order valence-electron chi connectivity index (χ4n) is 3.33. The van der Waals surface area contributed by atoms with Crippen LogP contribution >= 0.6 is 23.5 Å². The minimum absolute atomic E-state index is 0.316. The second-order valence-corrected chi connectivity index (χ2v) is 7.56. The first-order valence-electron chi connectivity index (χ1n) is 7.24. The fourth-order valence-corrected chi connectivity index (χ4v) is 5.39. The highest BCUT2D eigenvalue weighted by Gasteiger charge is 2.44. The molecule has 5 heterocycles. The van der Waals surface area contributed by atoms with E-state index in [9.17, 15) is 0 Å². The molecule has 2 saturated heterocycles. The third-order valence-electron chi connectivity index (χ3n) is 4.44. The summed E-state index contributed by atoms with van der Waals surface area (Å²) in [6.07, 6.45) is 0. The lowest BCUT2D eigenvalue weighted by Crippen LogP contribution is -2.37. The first-order valence-corrected chi connectivity index (χ1v) is 9.10. The first-order chi connectivity index (χ1) is 10.4. The minimum atomic E-state index is 0.316. The van der Waals surface area contributed by atoms with E-state index in [2.05, 4.69) is 15.6 Å². The third-order valence-corrected chi connectivity index (χ3v) is 6.28. The van der Waals surface area contributed by atoms with Crippen LogP contribution in [-0.4, -0.2) is 71.6 Å². The van der Waals surface area contributed by atoms with Gasteiger partial charge in [0, 0.05) is 11.4 Å². The summed E-state index contributed by atoms with van der Waals surface area (Å²) in [5.41, 5.74) is 1.33. The van der Waals surface area contributed by atoms with Crippen LogP contribution in [0, 0.1) is 0 Å². The molecule has 0 bridgehead atoms. The molecule has 0 aromatic carbocycles. The van der Waals surface area contributed by atoms with Crippen molar-refractivity contribution >= 4 is 33.9 Å². The predicted molar refractivity (Wildman–Crippen MR) is 84.8 cm³/mol. The summed E-state index contributed by atoms with van der Waals surface area (Å²) in [4.78, 5) is 11.8. The van der Waals surface area contributed by atoms with Crippen LogP contribution in [0.2, 0.25) is 0 Å². The van der Waals surface area contributed by atoms with Crippen molar-refractivity contribution < 1.29 is 9.47 Å². The third kappa shape index (κ3) is 2.03. The van der Waals surface area contributed by atoms with Crippen LogP contribution in [0.25, 0.3) is 0 Å². The van der Waals surface area contributed by atoms with Gasteiger partial charge in [-0.15, -0.1) is 0 Å². The van der Waals surface area contributed by atoms with Crippen LogP contribution in [0.15, 0.2) is 21.1 Å². The Kier molecular flexibility index (Phi) is 2.99. The zero-order valence-corrected chi connectivity index (χ0v) is 13.0. The molecular weight excluding hydrogens is 308 g/mol. The van der Waals surface area contributed by atoms with Gasteiger partial charge in [-0.1, -0.05) is 23.5 Å². The molecule has 5 rings (SSSR count). The van der Waals surface area contributed by atoms with Gasteiger partial charge in [-0.05, 0) is 5.41 Å². The Labute approximate surface area is 131 Å². The molecular formula is C13H16N4O2S2. The monoisotopic (exact) mass is 324 g/mol. The van der Waals surface area contributed by atoms with Gasteiger partial charge in [-0.2, -0.15) is 0 Å². The standard InChI is InChI=1S/C13H16N4O2S2/c1-8-9(2-18-1)15-12(14-8)20-5-7-6-21-13-16-10-3-19-4-11(10)17(7)13/h6,8-11H,1-5H2,(H,14,15)/t8-,9+,10?,11?. The van der Waals surface area contributed by atoms with E-state index >= 15 is 0 Å². The number of ether oxygens (including phenoxy) is 2. The molecule has 0 amide bonds. The predicted octanol–water partition coefficient (Wildman–Crippen LogP) is 0.473. The van der Waals surface area contributed by atoms with E-state index in [-0.39, 0.29) is 0 Å². The number of amidine groups is 2. The molecule has 5 aliphatic heterocycles. The smallest absolute Gasteiger partial charge is 0.168 e. The number of thioether (sulfide) groups is 2. The largest absolute Gasteiger partial charge is 0.377 e. The SMILES string of the molecule is C1=C(CSC2=N[C@H]3COC[C@H]3N2)N2C(=NC3COCC32)S1. The average molecular weight is 324 g/mol. The molecule has 5 aliphatic rings. The van der Waals surface area contributed by atoms with Gasteiger partial charge >= 0.3 is 0 Å². The maximum Gasteiger partial charge on any atom is 0.168 e. The summed E-state index contributed by atoms with van der Waals surface area (Å²) in [5, 5.41) is 7.89. The van der Waals surface area contributed by atoms with Gasteiger partial charge in [-0.3, -0.25) is 9.98 Å². The topological polar surface area (TPSA) is 58.5 Å². The summed E-state index contributed by atoms with van der Waals surface area (Å²) in [6, 6.07) is 1.44. The molecule has 0 aromatic rings. The molecule has 112 valence electrons. The van der Waals surface area contributed by atoms with Crippen molar-refractivity contribution in [1.29, 1.82) is 0 Å². The molecule has 21 heavy (non-hydrogen) atoms. The lowest BCUT2D eigenvalue weighted by Gasteiger charge is -2.23. The highest BCUT2D eigenvalue weighted by molar-refractivity contribution is 8.17. The van der Waals surface area contributed by atoms with Crippen LogP contribution in [0.4, 0.5) is 0 Å². The number of hydrogen-bond donors (Lipinski definition) is 1. The second-order valence-electron chi connectivity index (χ2n) is 5.76. The number of nitrogens with zero attached hydrogens (tertiary/aromatic N) is 3. The van der Waals surface area contributed by atoms with Gasteiger partial charge in [0.2, 0.25) is 0 Å². The van der Waals surface area contributed by atoms with Crippen LogP contribution < -0.4 is 5.32 Å². The Balaban J connectivity index is 1.25. The van der Waals surface area contributed by atoms with E-state index in [1.54, 1.807) is 23.5 Å². The molecule has 2 fully saturated rings. The second kappa shape index (κ2) is 4.91. The highest BCUT2D eigenvalue weighted by Crippen LogP contribution is 2.38. The normalized spacial score (nSPS) is 39.6. The van der Waals surface area contributed by atoms with Crippen LogP contribution in [0.5, 0.6) is 0 Å². The molecule has 1 N–H and O–H groups in total. The molecule has 6 nitrogen and oxygen atoms in total. The summed E-state index contributed by atoms with van der Waals surface area (Å²) in [6.45, 7) is 3.09. The number of nitrogens with one attached hydrogen (secondary N) is 1. The molecule has 0 aromatic heterocycles. The van der Waals surface area contributed by atoms with Gasteiger partial charge in [0.15, 0.2) is 10.3 Å². The van der Waals surface area contributed by atoms with Crippen LogP contribution in [0.3, 0.4) is 0 Å². The molecule has 0 radical (unpaired) electrons. The van der Waals surface area contributed by atoms with Crippen molar-refractivity contribution in [3.63, 3.8) is 0 Å². The zero-order valence-electron chi connectivity index (χ0n) is 11.4. The summed E-state index contributed by atoms with van der Waals surface area (Å²) < 4.78 is 11.0. The van der Waals surface area contributed by atoms with Crippen molar-refractivity contribution in [3.05, 3.63) is 11.1 Å². The Morgan fingerprint density at radius 1 is 1.24 bits per heavy atom. The number of aliphatic imine (C=N–C) groups is 2. The van der Waals surface area contributed by atoms with Crippen molar-refractivity contribution in [2.75, 3.05) is 32.2 Å². The van der Waals surface area contributed by atoms with E-state index in [0.29, 0.717) is 24.2 Å². The minimum Gasteiger partial charge on any atom is -0.377 e. The molecule has 0 saturated carbocycles. The van der Waals surface area contributed by atoms with Crippen LogP contribution in [0.1, 0.15) is 0 Å². The Bertz CT molecular complexity index is 564. The molecule has 8 heteroatoms. The Hall–Kier alpha value is -0.700. The molecule has 0 aliphatic carbocycles. The van der Waals surface area contributed by atoms with E-state index in [1.165, 1.54) is 5.70 Å². The van der Waals surface area contributed by atoms with E-state index < -0.39 is 0 Å². The number of fused-ring (bicyclic) bond motifs is 4. The van der Waals surface area contributed by atoms with Gasteiger partial charge in [0.25, 0.3) is 0 Å². The number of hydrogen-bond acceptors (Lipinski definition) is 8. The average Bonchev–Trinajstić information content (AvgIpc) is 3.20. The lowest BCUT2D eigenvalue weighted by atomic mass is 10.2. The Morgan fingerprint density at radius 2 is 2.14 bits per heavy atom. The zero-order chi connectivity index (χ0) is 13.8.